The van der Waals surface area contributed by atoms with E-state index in [1.165, 1.54) is 17.2 Å². The summed E-state index contributed by atoms with van der Waals surface area (Å²) < 4.78 is 24.5. The highest BCUT2D eigenvalue weighted by atomic mass is 35.5. The van der Waals surface area contributed by atoms with Gasteiger partial charge in [-0.05, 0) is 68.4 Å². The van der Waals surface area contributed by atoms with Gasteiger partial charge in [0, 0.05) is 62.6 Å². The Labute approximate surface area is 378 Å². The van der Waals surface area contributed by atoms with Crippen LogP contribution in [-0.2, 0) is 19.1 Å². The molecule has 2 aliphatic heterocycles. The van der Waals surface area contributed by atoms with Crippen LogP contribution in [0.3, 0.4) is 0 Å². The Morgan fingerprint density at radius 3 is 2.47 bits per heavy atom. The Bertz CT molecular complexity index is 2260. The number of rotatable bonds is 16. The van der Waals surface area contributed by atoms with Gasteiger partial charge in [-0.3, -0.25) is 14.5 Å². The molecule has 9 atom stereocenters. The molecule has 2 aromatic heterocycles. The van der Waals surface area contributed by atoms with Gasteiger partial charge in [-0.2, -0.15) is 4.98 Å². The Hall–Kier alpha value is -5.13. The number of aromatic nitrogens is 2. The minimum Gasteiger partial charge on any atom is -0.491 e. The van der Waals surface area contributed by atoms with Crippen LogP contribution >= 0.6 is 11.6 Å². The van der Waals surface area contributed by atoms with E-state index in [0.29, 0.717) is 64.2 Å². The maximum absolute atomic E-state index is 14.8. The quantitative estimate of drug-likeness (QED) is 0.115. The molecule has 17 nitrogen and oxygen atoms in total. The van der Waals surface area contributed by atoms with E-state index in [1.54, 1.807) is 12.1 Å². The third kappa shape index (κ3) is 9.48. The van der Waals surface area contributed by atoms with Crippen LogP contribution in [0.15, 0.2) is 41.5 Å². The summed E-state index contributed by atoms with van der Waals surface area (Å²) in [6, 6.07) is 3.39. The molecule has 3 aliphatic carbocycles. The molecular weight excluding hydrogens is 844 g/mol. The van der Waals surface area contributed by atoms with Gasteiger partial charge in [-0.25, -0.2) is 14.6 Å². The van der Waals surface area contributed by atoms with E-state index in [2.05, 4.69) is 44.7 Å². The fourth-order valence-corrected chi connectivity index (χ4v) is 9.94. The van der Waals surface area contributed by atoms with Gasteiger partial charge in [-0.15, -0.1) is 6.58 Å². The zero-order valence-electron chi connectivity index (χ0n) is 37.4. The number of nitrogens with one attached hydrogen (secondary N) is 4. The van der Waals surface area contributed by atoms with Crippen LogP contribution < -0.4 is 30.7 Å². The number of pyridine rings is 1. The number of aliphatic carboxylic acids is 1. The van der Waals surface area contributed by atoms with Crippen LogP contribution in [0.25, 0.3) is 22.3 Å². The number of hydrogen-bond acceptors (Lipinski definition) is 13. The summed E-state index contributed by atoms with van der Waals surface area (Å²) in [7, 11) is 0. The highest BCUT2D eigenvalue weighted by Gasteiger charge is 2.61. The summed E-state index contributed by atoms with van der Waals surface area (Å²) in [6.07, 6.45) is 3.05. The first-order chi connectivity index (χ1) is 30.4. The molecule has 64 heavy (non-hydrogen) atoms. The number of fused-ring (bicyclic) bond motifs is 2. The number of benzene rings is 1. The number of carboxylic acid groups (broad SMARTS) is 1. The molecule has 0 radical (unpaired) electrons. The molecule has 3 aromatic rings. The predicted molar refractivity (Wildman–Crippen MR) is 239 cm³/mol. The average Bonchev–Trinajstić information content (AvgIpc) is 3.73. The van der Waals surface area contributed by atoms with Crippen molar-refractivity contribution in [3.63, 3.8) is 0 Å². The van der Waals surface area contributed by atoms with E-state index in [9.17, 15) is 24.3 Å². The second-order valence-corrected chi connectivity index (χ2v) is 19.9. The Kier molecular flexibility index (Phi) is 12.8. The highest BCUT2D eigenvalue weighted by molar-refractivity contribution is 6.36. The second kappa shape index (κ2) is 18.0. The number of carbonyl (C=O) groups is 4. The summed E-state index contributed by atoms with van der Waals surface area (Å²) in [4.78, 5) is 68.3. The minimum atomic E-state index is -1.55. The second-order valence-electron chi connectivity index (χ2n) is 19.5. The number of ether oxygens (including phenoxy) is 3. The van der Waals surface area contributed by atoms with Crippen molar-refractivity contribution in [1.82, 2.24) is 35.7 Å². The summed E-state index contributed by atoms with van der Waals surface area (Å²) in [6.45, 7) is 20.1. The summed E-state index contributed by atoms with van der Waals surface area (Å²) >= 11 is 7.09. The molecule has 3 amide bonds. The van der Waals surface area contributed by atoms with Crippen molar-refractivity contribution in [2.75, 3.05) is 51.2 Å². The molecule has 2 saturated heterocycles. The number of amides is 3. The number of oxazole rings is 1. The first kappa shape index (κ1) is 45.4. The number of nitrogens with zero attached hydrogens (tertiary/aromatic N) is 4. The van der Waals surface area contributed by atoms with Crippen molar-refractivity contribution >= 4 is 52.4 Å². The molecule has 0 bridgehead atoms. The molecule has 1 aromatic carbocycles. The summed E-state index contributed by atoms with van der Waals surface area (Å²) in [5.41, 5.74) is -1.18. The van der Waals surface area contributed by atoms with Crippen LogP contribution in [0, 0.1) is 29.1 Å². The topological polar surface area (TPSA) is 210 Å². The largest absolute Gasteiger partial charge is 0.491 e. The van der Waals surface area contributed by atoms with Crippen LogP contribution in [0.5, 0.6) is 11.5 Å². The molecule has 8 rings (SSSR count). The monoisotopic (exact) mass is 904 g/mol. The van der Waals surface area contributed by atoms with Crippen LogP contribution in [0.4, 0.5) is 10.8 Å². The normalized spacial score (nSPS) is 28.0. The molecule has 5 fully saturated rings. The number of alkyl carbamates (subject to hydrolysis) is 1. The van der Waals surface area contributed by atoms with Crippen molar-refractivity contribution in [3.8, 4) is 22.9 Å². The summed E-state index contributed by atoms with van der Waals surface area (Å²) in [5.74, 6) is -0.307. The zero-order valence-corrected chi connectivity index (χ0v) is 38.2. The lowest BCUT2D eigenvalue weighted by Crippen LogP contribution is -2.59. The van der Waals surface area contributed by atoms with E-state index in [-0.39, 0.29) is 36.6 Å². The lowest BCUT2D eigenvalue weighted by Gasteiger charge is -2.35. The van der Waals surface area contributed by atoms with Gasteiger partial charge in [0.1, 0.15) is 64.9 Å². The third-order valence-corrected chi connectivity index (χ3v) is 13.9. The van der Waals surface area contributed by atoms with Crippen molar-refractivity contribution in [2.24, 2.45) is 29.1 Å². The minimum absolute atomic E-state index is 0.00286. The number of carbonyl (C=O) groups excluding carboxylic acids is 3. The van der Waals surface area contributed by atoms with Gasteiger partial charge >= 0.3 is 12.1 Å². The van der Waals surface area contributed by atoms with Gasteiger partial charge in [0.2, 0.25) is 11.8 Å². The van der Waals surface area contributed by atoms with Crippen LogP contribution in [-0.4, -0.2) is 130 Å². The van der Waals surface area contributed by atoms with Gasteiger partial charge < -0.3 is 49.9 Å². The number of piperazine rings is 1. The van der Waals surface area contributed by atoms with E-state index in [0.717, 1.165) is 45.6 Å². The lowest BCUT2D eigenvalue weighted by atomic mass is 9.85. The number of hydrogen-bond donors (Lipinski definition) is 5. The van der Waals surface area contributed by atoms with E-state index in [4.69, 9.17) is 35.2 Å². The fraction of sp³-hybridized carbons (Fsp3) is 0.609. The van der Waals surface area contributed by atoms with Gasteiger partial charge in [0.25, 0.3) is 6.01 Å². The molecule has 3 saturated carbocycles. The predicted octanol–water partition coefficient (Wildman–Crippen LogP) is 5.33. The molecule has 346 valence electrons. The number of halogens is 1. The van der Waals surface area contributed by atoms with E-state index in [1.807, 2.05) is 40.7 Å². The molecule has 18 heteroatoms. The first-order valence-electron chi connectivity index (χ1n) is 22.5. The Morgan fingerprint density at radius 1 is 1.08 bits per heavy atom. The molecular formula is C46H61ClN8O9. The zero-order chi connectivity index (χ0) is 45.7. The van der Waals surface area contributed by atoms with E-state index < -0.39 is 58.9 Å². The van der Waals surface area contributed by atoms with Crippen molar-refractivity contribution in [2.45, 2.75) is 103 Å². The van der Waals surface area contributed by atoms with Crippen LogP contribution in [0.1, 0.15) is 67.2 Å². The SMILES string of the molecule is C=C[C@@H]1C[C@]1(NC(=O)[C@@H]1C[C@H](Oc2cc(-c3coc(NC(C)C)n3)nc3c(Cl)c(OCCN4CCNCC4)ccc23)CN1C(=O)[C@@H](NC(=O)OC1C[C@@H]2C(C)[C@@H]2C1)C(C)(C)C)C(=O)O. The third-order valence-electron chi connectivity index (χ3n) is 13.5. The molecule has 5 aliphatic rings. The molecule has 4 heterocycles. The Morgan fingerprint density at radius 2 is 1.81 bits per heavy atom. The highest BCUT2D eigenvalue weighted by Crippen LogP contribution is 2.57. The molecule has 5 N–H and O–H groups in total. The van der Waals surface area contributed by atoms with Crippen molar-refractivity contribution in [1.29, 1.82) is 0 Å². The van der Waals surface area contributed by atoms with Gasteiger partial charge in [0.15, 0.2) is 0 Å². The molecule has 2 unspecified atom stereocenters. The number of anilines is 1. The average molecular weight is 905 g/mol. The molecule has 0 spiro atoms. The smallest absolute Gasteiger partial charge is 0.408 e. The van der Waals surface area contributed by atoms with E-state index >= 15 is 0 Å². The lowest BCUT2D eigenvalue weighted by molar-refractivity contribution is -0.146. The number of likely N-dealkylation sites (tertiary alicyclic amines) is 1. The van der Waals surface area contributed by atoms with Gasteiger partial charge in [-0.1, -0.05) is 45.4 Å². The Balaban J connectivity index is 1.09. The van der Waals surface area contributed by atoms with Crippen LogP contribution in [0.2, 0.25) is 5.02 Å². The standard InChI is InChI=1S/C46H61ClN8O9/c1-8-26-21-46(26,42(58)59)53-40(56)34-19-28(22-55(34)41(57)39(45(5,6)7)52-44(60)64-27-17-30-25(4)31(30)18-27)63-36-20-32(33-23-62-43(51-33)49-24(2)3)50-38-29(36)9-10-35(37(38)47)61-16-15-54-13-11-48-12-14-54/h8-10,20,23-28,30-31,34,39,48H,1,11-19,21-22H2,2-7H3,(H,49,51)(H,52,60)(H,53,56)(H,58,59)/t25?,26-,27?,28+,30-,31+,34+,39-,46-/m1/s1. The fourth-order valence-electron chi connectivity index (χ4n) is 9.68. The first-order valence-corrected chi connectivity index (χ1v) is 22.9. The van der Waals surface area contributed by atoms with Gasteiger partial charge in [0.05, 0.1) is 17.8 Å². The summed E-state index contributed by atoms with van der Waals surface area (Å²) in [5, 5.41) is 23.1. The number of carboxylic acids is 1. The maximum atomic E-state index is 14.8. The van der Waals surface area contributed by atoms with Crippen molar-refractivity contribution in [3.05, 3.63) is 42.1 Å². The van der Waals surface area contributed by atoms with Crippen molar-refractivity contribution < 1.29 is 42.9 Å². The maximum Gasteiger partial charge on any atom is 0.408 e.